The summed E-state index contributed by atoms with van der Waals surface area (Å²) in [6.45, 7) is 2.16. The predicted molar refractivity (Wildman–Crippen MR) is 62.1 cm³/mol. The van der Waals surface area contributed by atoms with E-state index in [0.29, 0.717) is 6.61 Å². The molecule has 0 bridgehead atoms. The van der Waals surface area contributed by atoms with Gasteiger partial charge in [-0.25, -0.2) is 4.39 Å². The fourth-order valence-electron chi connectivity index (χ4n) is 1.56. The lowest BCUT2D eigenvalue weighted by Gasteiger charge is -2.00. The Balaban J connectivity index is 2.28. The maximum absolute atomic E-state index is 12.9. The normalized spacial score (nSPS) is 10.6. The van der Waals surface area contributed by atoms with Crippen LogP contribution in [0.5, 0.6) is 0 Å². The third-order valence-corrected chi connectivity index (χ3v) is 3.25. The Morgan fingerprint density at radius 3 is 3.06 bits per heavy atom. The lowest BCUT2D eigenvalue weighted by molar-refractivity contribution is -0.142. The second-order valence-electron chi connectivity index (χ2n) is 3.38. The van der Waals surface area contributed by atoms with Crippen molar-refractivity contribution < 1.29 is 13.9 Å². The monoisotopic (exact) mass is 238 g/mol. The molecule has 0 radical (unpaired) electrons. The Morgan fingerprint density at radius 2 is 2.31 bits per heavy atom. The number of benzene rings is 1. The molecule has 1 aromatic carbocycles. The molecule has 0 aliphatic carbocycles. The number of esters is 1. The number of hydrogen-bond acceptors (Lipinski definition) is 3. The molecule has 0 amide bonds. The van der Waals surface area contributed by atoms with Gasteiger partial charge in [-0.05, 0) is 35.4 Å². The van der Waals surface area contributed by atoms with Gasteiger partial charge in [-0.2, -0.15) is 0 Å². The van der Waals surface area contributed by atoms with Crippen molar-refractivity contribution in [3.05, 3.63) is 35.0 Å². The Hall–Kier alpha value is -1.42. The first-order chi connectivity index (χ1) is 7.70. The molecule has 0 N–H and O–H groups in total. The molecule has 2 aromatic rings. The molecule has 0 spiro atoms. The lowest BCUT2D eigenvalue weighted by Crippen LogP contribution is -2.06. The smallest absolute Gasteiger partial charge is 0.310 e. The standard InChI is InChI=1S/C12H11FO2S/c1-2-15-12(14)5-8-7-16-11-6-9(13)3-4-10(8)11/h3-4,6-7H,2,5H2,1H3. The molecule has 84 valence electrons. The molecule has 0 saturated heterocycles. The van der Waals surface area contributed by atoms with Crippen LogP contribution in [0.25, 0.3) is 10.1 Å². The van der Waals surface area contributed by atoms with Crippen LogP contribution in [0.4, 0.5) is 4.39 Å². The highest BCUT2D eigenvalue weighted by molar-refractivity contribution is 7.17. The molecule has 16 heavy (non-hydrogen) atoms. The largest absolute Gasteiger partial charge is 0.466 e. The van der Waals surface area contributed by atoms with E-state index < -0.39 is 0 Å². The van der Waals surface area contributed by atoms with Gasteiger partial charge in [0.05, 0.1) is 13.0 Å². The van der Waals surface area contributed by atoms with E-state index in [1.165, 1.54) is 23.5 Å². The summed E-state index contributed by atoms with van der Waals surface area (Å²) in [5, 5.41) is 2.81. The summed E-state index contributed by atoms with van der Waals surface area (Å²) in [6.07, 6.45) is 0.249. The second-order valence-corrected chi connectivity index (χ2v) is 4.29. The van der Waals surface area contributed by atoms with Crippen molar-refractivity contribution in [1.82, 2.24) is 0 Å². The van der Waals surface area contributed by atoms with Crippen molar-refractivity contribution >= 4 is 27.4 Å². The van der Waals surface area contributed by atoms with Crippen LogP contribution in [0.1, 0.15) is 12.5 Å². The summed E-state index contributed by atoms with van der Waals surface area (Å²) in [5.74, 6) is -0.497. The molecular formula is C12H11FO2S. The van der Waals surface area contributed by atoms with E-state index in [2.05, 4.69) is 0 Å². The van der Waals surface area contributed by atoms with Gasteiger partial charge in [-0.3, -0.25) is 4.79 Å². The lowest BCUT2D eigenvalue weighted by atomic mass is 10.1. The van der Waals surface area contributed by atoms with Gasteiger partial charge in [0.25, 0.3) is 0 Å². The number of ether oxygens (including phenoxy) is 1. The Morgan fingerprint density at radius 1 is 1.50 bits per heavy atom. The summed E-state index contributed by atoms with van der Waals surface area (Å²) in [7, 11) is 0. The highest BCUT2D eigenvalue weighted by Crippen LogP contribution is 2.27. The van der Waals surface area contributed by atoms with E-state index in [9.17, 15) is 9.18 Å². The summed E-state index contributed by atoms with van der Waals surface area (Å²) < 4.78 is 18.7. The van der Waals surface area contributed by atoms with Crippen LogP contribution < -0.4 is 0 Å². The molecule has 2 rings (SSSR count). The van der Waals surface area contributed by atoms with Gasteiger partial charge in [-0.1, -0.05) is 6.07 Å². The van der Waals surface area contributed by atoms with Crippen molar-refractivity contribution in [1.29, 1.82) is 0 Å². The van der Waals surface area contributed by atoms with Gasteiger partial charge in [0.1, 0.15) is 5.82 Å². The Bertz CT molecular complexity index is 519. The van der Waals surface area contributed by atoms with Crippen molar-refractivity contribution in [3.8, 4) is 0 Å². The van der Waals surface area contributed by atoms with E-state index in [4.69, 9.17) is 4.74 Å². The molecule has 2 nitrogen and oxygen atoms in total. The van der Waals surface area contributed by atoms with E-state index >= 15 is 0 Å². The third-order valence-electron chi connectivity index (χ3n) is 2.26. The molecule has 4 heteroatoms. The maximum atomic E-state index is 12.9. The van der Waals surface area contributed by atoms with Crippen LogP contribution in [-0.2, 0) is 16.0 Å². The van der Waals surface area contributed by atoms with Gasteiger partial charge in [0.2, 0.25) is 0 Å². The summed E-state index contributed by atoms with van der Waals surface area (Å²) in [4.78, 5) is 11.3. The van der Waals surface area contributed by atoms with E-state index in [0.717, 1.165) is 15.6 Å². The fraction of sp³-hybridized carbons (Fsp3) is 0.250. The topological polar surface area (TPSA) is 26.3 Å². The fourth-order valence-corrected chi connectivity index (χ4v) is 2.55. The highest BCUT2D eigenvalue weighted by atomic mass is 32.1. The van der Waals surface area contributed by atoms with Crippen molar-refractivity contribution in [3.63, 3.8) is 0 Å². The average Bonchev–Trinajstić information content (AvgIpc) is 2.61. The van der Waals surface area contributed by atoms with Crippen molar-refractivity contribution in [2.45, 2.75) is 13.3 Å². The summed E-state index contributed by atoms with van der Waals surface area (Å²) in [6, 6.07) is 4.59. The van der Waals surface area contributed by atoms with Gasteiger partial charge in [-0.15, -0.1) is 11.3 Å². The molecule has 0 aliphatic heterocycles. The minimum absolute atomic E-state index is 0.244. The molecule has 1 heterocycles. The van der Waals surface area contributed by atoms with Crippen molar-refractivity contribution in [2.75, 3.05) is 6.61 Å². The number of rotatable bonds is 3. The van der Waals surface area contributed by atoms with E-state index in [1.807, 2.05) is 5.38 Å². The first-order valence-corrected chi connectivity index (χ1v) is 5.90. The van der Waals surface area contributed by atoms with Gasteiger partial charge in [0, 0.05) is 4.70 Å². The number of thiophene rings is 1. The molecule has 0 saturated carbocycles. The zero-order valence-electron chi connectivity index (χ0n) is 8.83. The summed E-state index contributed by atoms with van der Waals surface area (Å²) >= 11 is 1.44. The average molecular weight is 238 g/mol. The number of hydrogen-bond donors (Lipinski definition) is 0. The first kappa shape index (κ1) is 11.1. The van der Waals surface area contributed by atoms with Crippen LogP contribution in [0.15, 0.2) is 23.6 Å². The second kappa shape index (κ2) is 4.61. The molecule has 1 aromatic heterocycles. The third kappa shape index (κ3) is 2.22. The van der Waals surface area contributed by atoms with Crippen LogP contribution in [0.2, 0.25) is 0 Å². The highest BCUT2D eigenvalue weighted by Gasteiger charge is 2.09. The zero-order valence-corrected chi connectivity index (χ0v) is 9.64. The van der Waals surface area contributed by atoms with Crippen LogP contribution in [0.3, 0.4) is 0 Å². The minimum atomic E-state index is -0.253. The number of carbonyl (C=O) groups excluding carboxylic acids is 1. The first-order valence-electron chi connectivity index (χ1n) is 5.02. The Kier molecular flexibility index (Phi) is 3.19. The van der Waals surface area contributed by atoms with Gasteiger partial charge in [0.15, 0.2) is 0 Å². The van der Waals surface area contributed by atoms with Gasteiger partial charge < -0.3 is 4.74 Å². The summed E-state index contributed by atoms with van der Waals surface area (Å²) in [5.41, 5.74) is 0.901. The van der Waals surface area contributed by atoms with E-state index in [1.54, 1.807) is 13.0 Å². The number of carbonyl (C=O) groups is 1. The quantitative estimate of drug-likeness (QED) is 0.768. The molecular weight excluding hydrogens is 227 g/mol. The SMILES string of the molecule is CCOC(=O)Cc1csc2cc(F)ccc12. The van der Waals surface area contributed by atoms with Crippen molar-refractivity contribution in [2.24, 2.45) is 0 Å². The predicted octanol–water partition coefficient (Wildman–Crippen LogP) is 3.15. The molecule has 0 aliphatic rings. The molecule has 0 fully saturated rings. The van der Waals surface area contributed by atoms with Gasteiger partial charge >= 0.3 is 5.97 Å². The molecule has 0 unspecified atom stereocenters. The maximum Gasteiger partial charge on any atom is 0.310 e. The van der Waals surface area contributed by atoms with Crippen LogP contribution in [-0.4, -0.2) is 12.6 Å². The molecule has 0 atom stereocenters. The zero-order chi connectivity index (χ0) is 11.5. The number of fused-ring (bicyclic) bond motifs is 1. The van der Waals surface area contributed by atoms with Crippen LogP contribution >= 0.6 is 11.3 Å². The van der Waals surface area contributed by atoms with E-state index in [-0.39, 0.29) is 18.2 Å². The Labute approximate surface area is 96.7 Å². The minimum Gasteiger partial charge on any atom is -0.466 e. The van der Waals surface area contributed by atoms with Crippen LogP contribution in [0, 0.1) is 5.82 Å². The number of halogens is 1.